The molecule has 0 bridgehead atoms. The summed E-state index contributed by atoms with van der Waals surface area (Å²) in [5, 5.41) is 0. The number of carbonyl (C=O) groups excluding carboxylic acids is 2. The fourth-order valence-electron chi connectivity index (χ4n) is 2.58. The van der Waals surface area contributed by atoms with Gasteiger partial charge in [-0.2, -0.15) is 0 Å². The molecule has 0 aliphatic rings. The molecule has 1 aromatic heterocycles. The largest absolute Gasteiger partial charge is 0.462 e. The first-order chi connectivity index (χ1) is 12.1. The Morgan fingerprint density at radius 2 is 1.85 bits per heavy atom. The van der Waals surface area contributed by atoms with Crippen molar-refractivity contribution in [3.05, 3.63) is 46.2 Å². The van der Waals surface area contributed by atoms with Crippen LogP contribution in [0.2, 0.25) is 0 Å². The zero-order chi connectivity index (χ0) is 19.6. The highest BCUT2D eigenvalue weighted by Crippen LogP contribution is 2.30. The van der Waals surface area contributed by atoms with Crippen molar-refractivity contribution in [1.82, 2.24) is 0 Å². The Balaban J connectivity index is 2.54. The van der Waals surface area contributed by atoms with E-state index < -0.39 is 27.8 Å². The van der Waals surface area contributed by atoms with E-state index in [1.807, 2.05) is 6.92 Å². The zero-order valence-electron chi connectivity index (χ0n) is 14.9. The molecule has 8 nitrogen and oxygen atoms in total. The number of aryl methyl sites for hydroxylation is 3. The lowest BCUT2D eigenvalue weighted by Gasteiger charge is -2.10. The molecule has 9 heteroatoms. The van der Waals surface area contributed by atoms with Crippen LogP contribution in [0.1, 0.15) is 44.5 Å². The van der Waals surface area contributed by atoms with Gasteiger partial charge < -0.3 is 14.9 Å². The highest BCUT2D eigenvalue weighted by atomic mass is 32.2. The van der Waals surface area contributed by atoms with Crippen LogP contribution in [-0.2, 0) is 14.8 Å². The van der Waals surface area contributed by atoms with Gasteiger partial charge in [0.15, 0.2) is 0 Å². The average Bonchev–Trinajstić information content (AvgIpc) is 2.82. The quantitative estimate of drug-likeness (QED) is 0.740. The minimum Gasteiger partial charge on any atom is -0.462 e. The van der Waals surface area contributed by atoms with E-state index >= 15 is 0 Å². The van der Waals surface area contributed by atoms with Crippen LogP contribution in [0, 0.1) is 20.8 Å². The van der Waals surface area contributed by atoms with E-state index in [0.29, 0.717) is 5.56 Å². The van der Waals surface area contributed by atoms with E-state index in [2.05, 4.69) is 4.72 Å². The summed E-state index contributed by atoms with van der Waals surface area (Å²) in [6.45, 7) is 6.57. The van der Waals surface area contributed by atoms with E-state index in [0.717, 1.165) is 5.56 Å². The van der Waals surface area contributed by atoms with E-state index in [-0.39, 0.29) is 28.4 Å². The molecule has 1 heterocycles. The van der Waals surface area contributed by atoms with Crippen molar-refractivity contribution in [2.24, 2.45) is 5.73 Å². The zero-order valence-corrected chi connectivity index (χ0v) is 15.7. The molecule has 1 aromatic carbocycles. The summed E-state index contributed by atoms with van der Waals surface area (Å²) < 4.78 is 37.8. The van der Waals surface area contributed by atoms with Crippen LogP contribution in [-0.4, -0.2) is 26.9 Å². The van der Waals surface area contributed by atoms with Crippen molar-refractivity contribution in [3.8, 4) is 0 Å². The van der Waals surface area contributed by atoms with Gasteiger partial charge in [-0.05, 0) is 39.3 Å². The smallest absolute Gasteiger partial charge is 0.342 e. The lowest BCUT2D eigenvalue weighted by Crippen LogP contribution is -2.20. The molecule has 2 rings (SSSR count). The summed E-state index contributed by atoms with van der Waals surface area (Å²) in [7, 11) is -4.06. The summed E-state index contributed by atoms with van der Waals surface area (Å²) in [5.74, 6) is -2.23. The van der Waals surface area contributed by atoms with Gasteiger partial charge in [-0.3, -0.25) is 4.79 Å². The number of benzene rings is 1. The molecule has 0 fully saturated rings. The number of nitrogens with one attached hydrogen (secondary N) is 1. The summed E-state index contributed by atoms with van der Waals surface area (Å²) in [6.07, 6.45) is 0. The Hall–Kier alpha value is -2.81. The average molecular weight is 380 g/mol. The highest BCUT2D eigenvalue weighted by Gasteiger charge is 2.31. The number of primary amides is 1. The van der Waals surface area contributed by atoms with Crippen molar-refractivity contribution >= 4 is 27.8 Å². The van der Waals surface area contributed by atoms with Crippen LogP contribution in [0.25, 0.3) is 0 Å². The fraction of sp³-hybridized carbons (Fsp3) is 0.294. The highest BCUT2D eigenvalue weighted by molar-refractivity contribution is 7.92. The van der Waals surface area contributed by atoms with Crippen LogP contribution in [0.4, 0.5) is 5.88 Å². The molecule has 1 amide bonds. The molecule has 0 aliphatic heterocycles. The SMILES string of the molecule is CCOC(=O)c1c(C)oc(NS(=O)(=O)c2ccc(C)cc2C)c1C(N)=O. The Bertz CT molecular complexity index is 975. The summed E-state index contributed by atoms with van der Waals surface area (Å²) in [5.41, 5.74) is 6.19. The van der Waals surface area contributed by atoms with Crippen LogP contribution in [0.5, 0.6) is 0 Å². The number of carbonyl (C=O) groups is 2. The third-order valence-electron chi connectivity index (χ3n) is 3.66. The van der Waals surface area contributed by atoms with Gasteiger partial charge in [-0.1, -0.05) is 17.7 Å². The van der Waals surface area contributed by atoms with Crippen molar-refractivity contribution in [2.45, 2.75) is 32.6 Å². The summed E-state index contributed by atoms with van der Waals surface area (Å²) in [4.78, 5) is 23.9. The Morgan fingerprint density at radius 3 is 2.38 bits per heavy atom. The lowest BCUT2D eigenvalue weighted by atomic mass is 10.1. The second-order valence-electron chi connectivity index (χ2n) is 5.70. The molecule has 140 valence electrons. The maximum atomic E-state index is 12.7. The predicted molar refractivity (Wildman–Crippen MR) is 94.6 cm³/mol. The van der Waals surface area contributed by atoms with Gasteiger partial charge >= 0.3 is 5.97 Å². The van der Waals surface area contributed by atoms with E-state index in [4.69, 9.17) is 14.9 Å². The second kappa shape index (κ2) is 7.20. The van der Waals surface area contributed by atoms with Gasteiger partial charge in [0.1, 0.15) is 16.9 Å². The number of rotatable bonds is 6. The molecule has 0 atom stereocenters. The number of amides is 1. The second-order valence-corrected chi connectivity index (χ2v) is 7.35. The number of ether oxygens (including phenoxy) is 1. The fourth-order valence-corrected chi connectivity index (χ4v) is 3.81. The lowest BCUT2D eigenvalue weighted by molar-refractivity contribution is 0.0521. The number of sulfonamides is 1. The first kappa shape index (κ1) is 19.5. The van der Waals surface area contributed by atoms with Gasteiger partial charge in [0.2, 0.25) is 5.88 Å². The molecule has 0 spiro atoms. The number of furan rings is 1. The number of nitrogens with two attached hydrogens (primary N) is 1. The van der Waals surface area contributed by atoms with E-state index in [1.54, 1.807) is 26.0 Å². The molecular weight excluding hydrogens is 360 g/mol. The molecule has 3 N–H and O–H groups in total. The van der Waals surface area contributed by atoms with Crippen LogP contribution >= 0.6 is 0 Å². The molecule has 0 aliphatic carbocycles. The number of hydrogen-bond acceptors (Lipinski definition) is 6. The minimum absolute atomic E-state index is 0.0188. The molecule has 26 heavy (non-hydrogen) atoms. The molecule has 2 aromatic rings. The number of hydrogen-bond donors (Lipinski definition) is 2. The first-order valence-corrected chi connectivity index (χ1v) is 9.27. The number of esters is 1. The van der Waals surface area contributed by atoms with Crippen molar-refractivity contribution in [2.75, 3.05) is 11.3 Å². The molecular formula is C17H20N2O6S. The maximum Gasteiger partial charge on any atom is 0.342 e. The van der Waals surface area contributed by atoms with E-state index in [1.165, 1.54) is 13.0 Å². The van der Waals surface area contributed by atoms with E-state index in [9.17, 15) is 18.0 Å². The predicted octanol–water partition coefficient (Wildman–Crippen LogP) is 2.28. The monoisotopic (exact) mass is 380 g/mol. The van der Waals surface area contributed by atoms with Gasteiger partial charge in [0, 0.05) is 0 Å². The third-order valence-corrected chi connectivity index (χ3v) is 5.15. The van der Waals surface area contributed by atoms with Gasteiger partial charge in [-0.25, -0.2) is 17.9 Å². The molecule has 0 unspecified atom stereocenters. The van der Waals surface area contributed by atoms with Crippen molar-refractivity contribution in [3.63, 3.8) is 0 Å². The standard InChI is InChI=1S/C17H20N2O6S/c1-5-24-17(21)13-11(4)25-16(14(13)15(18)20)19-26(22,23)12-7-6-9(2)8-10(12)3/h6-8,19H,5H2,1-4H3,(H2,18,20). The number of anilines is 1. The van der Waals surface area contributed by atoms with Gasteiger partial charge in [0.05, 0.1) is 11.5 Å². The Morgan fingerprint density at radius 1 is 1.19 bits per heavy atom. The van der Waals surface area contributed by atoms with Crippen LogP contribution in [0.3, 0.4) is 0 Å². The van der Waals surface area contributed by atoms with Crippen molar-refractivity contribution < 1.29 is 27.2 Å². The molecule has 0 radical (unpaired) electrons. The molecule has 0 saturated carbocycles. The topological polar surface area (TPSA) is 129 Å². The summed E-state index contributed by atoms with van der Waals surface area (Å²) in [6, 6.07) is 4.80. The van der Waals surface area contributed by atoms with Crippen LogP contribution in [0.15, 0.2) is 27.5 Å². The van der Waals surface area contributed by atoms with Gasteiger partial charge in [-0.15, -0.1) is 0 Å². The van der Waals surface area contributed by atoms with Crippen molar-refractivity contribution in [1.29, 1.82) is 0 Å². The normalized spacial score (nSPS) is 11.2. The third kappa shape index (κ3) is 3.72. The maximum absolute atomic E-state index is 12.7. The Kier molecular flexibility index (Phi) is 5.41. The summed E-state index contributed by atoms with van der Waals surface area (Å²) >= 11 is 0. The first-order valence-electron chi connectivity index (χ1n) is 7.78. The minimum atomic E-state index is -4.06. The van der Waals surface area contributed by atoms with Gasteiger partial charge in [0.25, 0.3) is 15.9 Å². The Labute approximate surface area is 151 Å². The van der Waals surface area contributed by atoms with Crippen LogP contribution < -0.4 is 10.5 Å². The molecule has 0 saturated heterocycles.